The van der Waals surface area contributed by atoms with E-state index in [1.165, 1.54) is 0 Å². The molecule has 1 aromatic carbocycles. The van der Waals surface area contributed by atoms with Crippen LogP contribution in [0.5, 0.6) is 11.5 Å². The van der Waals surface area contributed by atoms with Gasteiger partial charge in [-0.3, -0.25) is 0 Å². The minimum absolute atomic E-state index is 0.0599. The van der Waals surface area contributed by atoms with Crippen LogP contribution >= 0.6 is 11.6 Å². The first-order valence-electron chi connectivity index (χ1n) is 3.07. The number of rotatable bonds is 1. The molecule has 0 fully saturated rings. The minimum Gasteiger partial charge on any atom is -0.506 e. The Hall–Kier alpha value is -1.00. The van der Waals surface area contributed by atoms with Crippen LogP contribution in [0.1, 0.15) is 5.56 Å². The number of aliphatic hydroxyl groups excluding tert-OH is 1. The van der Waals surface area contributed by atoms with Crippen LogP contribution < -0.4 is 0 Å². The van der Waals surface area contributed by atoms with Gasteiger partial charge in [0.05, 0.1) is 6.61 Å². The van der Waals surface area contributed by atoms with Crippen LogP contribution in [-0.2, 0) is 6.61 Å². The Morgan fingerprint density at radius 3 is 2.42 bits per heavy atom. The number of aromatic hydroxyl groups is 2. The Kier molecular flexibility index (Phi) is 2.40. The van der Waals surface area contributed by atoms with Gasteiger partial charge in [-0.15, -0.1) is 0 Å². The van der Waals surface area contributed by atoms with Crippen molar-refractivity contribution in [1.82, 2.24) is 0 Å². The molecule has 0 aromatic heterocycles. The normalized spacial score (nSPS) is 10.2. The van der Waals surface area contributed by atoms with Gasteiger partial charge in [-0.1, -0.05) is 11.6 Å². The summed E-state index contributed by atoms with van der Waals surface area (Å²) in [6.07, 6.45) is 0. The Bertz CT molecular complexity index is 314. The molecule has 0 unspecified atom stereocenters. The first-order chi connectivity index (χ1) is 5.57. The number of aliphatic hydroxyl groups is 1. The average Bonchev–Trinajstić information content (AvgIpc) is 2.08. The topological polar surface area (TPSA) is 60.7 Å². The van der Waals surface area contributed by atoms with Crippen LogP contribution in [0.3, 0.4) is 0 Å². The smallest absolute Gasteiger partial charge is 0.174 e. The zero-order chi connectivity index (χ0) is 9.30. The Balaban J connectivity index is 3.39. The van der Waals surface area contributed by atoms with Gasteiger partial charge in [-0.2, -0.15) is 0 Å². The van der Waals surface area contributed by atoms with Crippen LogP contribution in [0.25, 0.3) is 0 Å². The van der Waals surface area contributed by atoms with E-state index >= 15 is 0 Å². The van der Waals surface area contributed by atoms with Crippen LogP contribution in [-0.4, -0.2) is 15.3 Å². The van der Waals surface area contributed by atoms with Gasteiger partial charge >= 0.3 is 0 Å². The summed E-state index contributed by atoms with van der Waals surface area (Å²) >= 11 is 5.32. The second-order valence-electron chi connectivity index (χ2n) is 2.19. The van der Waals surface area contributed by atoms with E-state index in [1.807, 2.05) is 0 Å². The Labute approximate surface area is 72.6 Å². The standard InChI is InChI=1S/C7H6ClFO3/c8-5-6(11)3(2-10)1-4(9)7(5)12/h1,10-12H,2H2. The van der Waals surface area contributed by atoms with Gasteiger partial charge in [0.2, 0.25) is 0 Å². The molecule has 0 atom stereocenters. The molecule has 0 saturated carbocycles. The fourth-order valence-electron chi connectivity index (χ4n) is 0.768. The van der Waals surface area contributed by atoms with Crippen molar-refractivity contribution >= 4 is 11.6 Å². The van der Waals surface area contributed by atoms with Crippen LogP contribution in [0.4, 0.5) is 4.39 Å². The summed E-state index contributed by atoms with van der Waals surface area (Å²) in [7, 11) is 0. The summed E-state index contributed by atoms with van der Waals surface area (Å²) in [4.78, 5) is 0. The van der Waals surface area contributed by atoms with E-state index in [4.69, 9.17) is 26.9 Å². The van der Waals surface area contributed by atoms with Crippen LogP contribution in [0.2, 0.25) is 5.02 Å². The molecule has 1 rings (SSSR count). The molecule has 0 amide bonds. The van der Waals surface area contributed by atoms with E-state index in [2.05, 4.69) is 0 Å². The van der Waals surface area contributed by atoms with Gasteiger partial charge in [-0.25, -0.2) is 4.39 Å². The molecule has 0 bridgehead atoms. The lowest BCUT2D eigenvalue weighted by Crippen LogP contribution is -1.88. The third-order valence-electron chi connectivity index (χ3n) is 1.42. The highest BCUT2D eigenvalue weighted by Gasteiger charge is 2.14. The lowest BCUT2D eigenvalue weighted by molar-refractivity contribution is 0.274. The van der Waals surface area contributed by atoms with Gasteiger partial charge < -0.3 is 15.3 Å². The molecule has 0 aliphatic heterocycles. The summed E-state index contributed by atoms with van der Waals surface area (Å²) in [5.41, 5.74) is -0.0599. The van der Waals surface area contributed by atoms with Gasteiger partial charge in [0, 0.05) is 5.56 Å². The maximum absolute atomic E-state index is 12.7. The molecule has 0 aliphatic carbocycles. The van der Waals surface area contributed by atoms with E-state index < -0.39 is 28.9 Å². The lowest BCUT2D eigenvalue weighted by atomic mass is 10.2. The molecule has 12 heavy (non-hydrogen) atoms. The molecule has 0 saturated heterocycles. The molecule has 0 aliphatic rings. The van der Waals surface area contributed by atoms with Crippen molar-refractivity contribution in [2.75, 3.05) is 0 Å². The molecular formula is C7H6ClFO3. The van der Waals surface area contributed by atoms with Crippen molar-refractivity contribution in [1.29, 1.82) is 0 Å². The number of hydrogen-bond acceptors (Lipinski definition) is 3. The average molecular weight is 193 g/mol. The first kappa shape index (κ1) is 9.09. The van der Waals surface area contributed by atoms with Crippen molar-refractivity contribution in [3.63, 3.8) is 0 Å². The number of hydrogen-bond donors (Lipinski definition) is 3. The van der Waals surface area contributed by atoms with E-state index in [-0.39, 0.29) is 5.56 Å². The third kappa shape index (κ3) is 1.31. The molecule has 0 heterocycles. The Morgan fingerprint density at radius 1 is 1.33 bits per heavy atom. The van der Waals surface area contributed by atoms with Crippen LogP contribution in [0.15, 0.2) is 6.07 Å². The molecule has 0 radical (unpaired) electrons. The molecule has 3 N–H and O–H groups in total. The summed E-state index contributed by atoms with van der Waals surface area (Å²) in [5.74, 6) is -2.29. The van der Waals surface area contributed by atoms with Gasteiger partial charge in [-0.05, 0) is 6.07 Å². The minimum atomic E-state index is -0.971. The van der Waals surface area contributed by atoms with Crippen molar-refractivity contribution in [3.8, 4) is 11.5 Å². The van der Waals surface area contributed by atoms with E-state index in [9.17, 15) is 4.39 Å². The highest BCUT2D eigenvalue weighted by atomic mass is 35.5. The van der Waals surface area contributed by atoms with E-state index in [0.717, 1.165) is 6.07 Å². The predicted octanol–water partition coefficient (Wildman–Crippen LogP) is 1.38. The van der Waals surface area contributed by atoms with Crippen molar-refractivity contribution in [2.45, 2.75) is 6.61 Å². The molecule has 1 aromatic rings. The van der Waals surface area contributed by atoms with Crippen molar-refractivity contribution in [2.24, 2.45) is 0 Å². The summed E-state index contributed by atoms with van der Waals surface area (Å²) < 4.78 is 12.7. The predicted molar refractivity (Wildman–Crippen MR) is 40.7 cm³/mol. The highest BCUT2D eigenvalue weighted by molar-refractivity contribution is 6.33. The molecule has 3 nitrogen and oxygen atoms in total. The van der Waals surface area contributed by atoms with Crippen molar-refractivity contribution in [3.05, 3.63) is 22.5 Å². The van der Waals surface area contributed by atoms with Gasteiger partial charge in [0.1, 0.15) is 10.8 Å². The second-order valence-corrected chi connectivity index (χ2v) is 2.56. The third-order valence-corrected chi connectivity index (χ3v) is 1.78. The SMILES string of the molecule is OCc1cc(F)c(O)c(Cl)c1O. The van der Waals surface area contributed by atoms with E-state index in [1.54, 1.807) is 0 Å². The highest BCUT2D eigenvalue weighted by Crippen LogP contribution is 2.37. The summed E-state index contributed by atoms with van der Waals surface area (Å²) in [6, 6.07) is 0.816. The first-order valence-corrected chi connectivity index (χ1v) is 3.45. The molecular weight excluding hydrogens is 187 g/mol. The number of phenols is 2. The molecule has 5 heteroatoms. The molecule has 66 valence electrons. The van der Waals surface area contributed by atoms with Crippen LogP contribution in [0, 0.1) is 5.82 Å². The summed E-state index contributed by atoms with van der Waals surface area (Å²) in [6.45, 7) is -0.539. The van der Waals surface area contributed by atoms with Crippen molar-refractivity contribution < 1.29 is 19.7 Å². The number of halogens is 2. The van der Waals surface area contributed by atoms with Gasteiger partial charge in [0.25, 0.3) is 0 Å². The maximum Gasteiger partial charge on any atom is 0.174 e. The zero-order valence-corrected chi connectivity index (χ0v) is 6.64. The number of benzene rings is 1. The summed E-state index contributed by atoms with van der Waals surface area (Å²) in [5, 5.41) is 26.0. The molecule has 0 spiro atoms. The number of phenolic OH excluding ortho intramolecular Hbond substituents is 1. The largest absolute Gasteiger partial charge is 0.506 e. The maximum atomic E-state index is 12.7. The monoisotopic (exact) mass is 192 g/mol. The lowest BCUT2D eigenvalue weighted by Gasteiger charge is -2.05. The zero-order valence-electron chi connectivity index (χ0n) is 5.88. The fourth-order valence-corrected chi connectivity index (χ4v) is 0.980. The quantitative estimate of drug-likeness (QED) is 0.630. The Morgan fingerprint density at radius 2 is 1.92 bits per heavy atom. The fraction of sp³-hybridized carbons (Fsp3) is 0.143. The second kappa shape index (κ2) is 3.16. The van der Waals surface area contributed by atoms with Gasteiger partial charge in [0.15, 0.2) is 11.6 Å². The van der Waals surface area contributed by atoms with E-state index in [0.29, 0.717) is 0 Å².